The third-order valence-corrected chi connectivity index (χ3v) is 5.76. The minimum atomic E-state index is -3.60. The summed E-state index contributed by atoms with van der Waals surface area (Å²) in [6.45, 7) is 0. The van der Waals surface area contributed by atoms with Crippen LogP contribution in [0.2, 0.25) is 0 Å². The van der Waals surface area contributed by atoms with Crippen LogP contribution in [-0.2, 0) is 20.2 Å². The van der Waals surface area contributed by atoms with Crippen LogP contribution in [0.3, 0.4) is 0 Å². The first kappa shape index (κ1) is 24.3. The zero-order chi connectivity index (χ0) is 25.1. The van der Waals surface area contributed by atoms with Crippen LogP contribution >= 0.6 is 0 Å². The van der Waals surface area contributed by atoms with Crippen LogP contribution in [0, 0.1) is 0 Å². The lowest BCUT2D eigenvalue weighted by atomic mass is 10.1. The molecule has 0 fully saturated rings. The highest BCUT2D eigenvalue weighted by molar-refractivity contribution is 7.86. The lowest BCUT2D eigenvalue weighted by Gasteiger charge is -2.10. The molecule has 0 radical (unpaired) electrons. The highest BCUT2D eigenvalue weighted by atomic mass is 32.2. The van der Waals surface area contributed by atoms with Crippen molar-refractivity contribution in [3.63, 3.8) is 0 Å². The van der Waals surface area contributed by atoms with Crippen LogP contribution in [0.4, 0.5) is 0 Å². The van der Waals surface area contributed by atoms with Crippen LogP contribution in [0.15, 0.2) is 97.1 Å². The van der Waals surface area contributed by atoms with Gasteiger partial charge < -0.3 is 13.1 Å². The molecule has 0 aromatic heterocycles. The van der Waals surface area contributed by atoms with Gasteiger partial charge in [-0.3, -0.25) is 0 Å². The van der Waals surface area contributed by atoms with Gasteiger partial charge in [0.25, 0.3) is 0 Å². The van der Waals surface area contributed by atoms with Crippen LogP contribution in [0.1, 0.15) is 0 Å². The number of rotatable bonds is 8. The summed E-state index contributed by atoms with van der Waals surface area (Å²) in [4.78, 5) is 0. The standard InChI is InChI=1S/C26H22O7S2/c1-34(27,28)32-25-7-3-5-21(17-25)19-9-13-23(14-10-19)31-24-15-11-20(12-16-24)22-6-4-8-26(18-22)33-35(2,29)30/h3-18H,1-2H3. The predicted molar refractivity (Wildman–Crippen MR) is 135 cm³/mol. The minimum Gasteiger partial charge on any atom is -0.457 e. The maximum absolute atomic E-state index is 11.4. The Bertz CT molecular complexity index is 1420. The summed E-state index contributed by atoms with van der Waals surface area (Å²) in [6.07, 6.45) is 2.01. The minimum absolute atomic E-state index is 0.249. The molecule has 4 aromatic rings. The molecule has 0 heterocycles. The molecular weight excluding hydrogens is 488 g/mol. The maximum atomic E-state index is 11.4. The second-order valence-electron chi connectivity index (χ2n) is 7.78. The van der Waals surface area contributed by atoms with Gasteiger partial charge in [-0.25, -0.2) is 0 Å². The van der Waals surface area contributed by atoms with Crippen molar-refractivity contribution in [3.8, 4) is 45.3 Å². The van der Waals surface area contributed by atoms with Crippen molar-refractivity contribution in [1.29, 1.82) is 0 Å². The average molecular weight is 511 g/mol. The van der Waals surface area contributed by atoms with Gasteiger partial charge in [0.15, 0.2) is 0 Å². The molecule has 0 atom stereocenters. The van der Waals surface area contributed by atoms with Crippen LogP contribution < -0.4 is 13.1 Å². The zero-order valence-corrected chi connectivity index (χ0v) is 20.5. The summed E-state index contributed by atoms with van der Waals surface area (Å²) >= 11 is 0. The summed E-state index contributed by atoms with van der Waals surface area (Å²) in [6, 6.07) is 28.4. The molecule has 0 saturated heterocycles. The fourth-order valence-corrected chi connectivity index (χ4v) is 4.28. The van der Waals surface area contributed by atoms with Crippen molar-refractivity contribution in [1.82, 2.24) is 0 Å². The molecule has 0 saturated carbocycles. The van der Waals surface area contributed by atoms with Crippen molar-refractivity contribution in [2.45, 2.75) is 0 Å². The van der Waals surface area contributed by atoms with E-state index in [0.717, 1.165) is 34.8 Å². The first-order valence-corrected chi connectivity index (χ1v) is 14.1. The first-order valence-electron chi connectivity index (χ1n) is 10.4. The smallest absolute Gasteiger partial charge is 0.306 e. The number of ether oxygens (including phenoxy) is 1. The van der Waals surface area contributed by atoms with Crippen LogP contribution in [0.25, 0.3) is 22.3 Å². The van der Waals surface area contributed by atoms with Gasteiger partial charge in [-0.05, 0) is 70.8 Å². The van der Waals surface area contributed by atoms with E-state index in [0.29, 0.717) is 11.5 Å². The fourth-order valence-electron chi connectivity index (χ4n) is 3.37. The summed E-state index contributed by atoms with van der Waals surface area (Å²) in [5, 5.41) is 0. The highest BCUT2D eigenvalue weighted by Gasteiger charge is 2.08. The summed E-state index contributed by atoms with van der Waals surface area (Å²) in [7, 11) is -7.20. The number of benzene rings is 4. The van der Waals surface area contributed by atoms with Crippen molar-refractivity contribution in [2.24, 2.45) is 0 Å². The highest BCUT2D eigenvalue weighted by Crippen LogP contribution is 2.30. The second kappa shape index (κ2) is 9.81. The van der Waals surface area contributed by atoms with Gasteiger partial charge >= 0.3 is 20.2 Å². The van der Waals surface area contributed by atoms with Gasteiger partial charge in [0.05, 0.1) is 12.5 Å². The van der Waals surface area contributed by atoms with E-state index in [2.05, 4.69) is 0 Å². The molecule has 180 valence electrons. The largest absolute Gasteiger partial charge is 0.457 e. The van der Waals surface area contributed by atoms with Gasteiger partial charge in [0.1, 0.15) is 23.0 Å². The van der Waals surface area contributed by atoms with E-state index >= 15 is 0 Å². The van der Waals surface area contributed by atoms with E-state index < -0.39 is 20.2 Å². The Hall–Kier alpha value is -3.82. The van der Waals surface area contributed by atoms with Gasteiger partial charge in [0.2, 0.25) is 0 Å². The Kier molecular flexibility index (Phi) is 6.81. The molecule has 0 spiro atoms. The topological polar surface area (TPSA) is 96.0 Å². The molecule has 7 nitrogen and oxygen atoms in total. The molecule has 0 unspecified atom stereocenters. The maximum Gasteiger partial charge on any atom is 0.306 e. The Morgan fingerprint density at radius 2 is 0.829 bits per heavy atom. The van der Waals surface area contributed by atoms with E-state index in [1.807, 2.05) is 60.7 Å². The number of hydrogen-bond acceptors (Lipinski definition) is 7. The Labute approximate surface area is 204 Å². The Morgan fingerprint density at radius 1 is 0.457 bits per heavy atom. The second-order valence-corrected chi connectivity index (χ2v) is 10.9. The van der Waals surface area contributed by atoms with Crippen LogP contribution in [-0.4, -0.2) is 29.3 Å². The molecule has 4 aromatic carbocycles. The van der Waals surface area contributed by atoms with Gasteiger partial charge in [0, 0.05) is 0 Å². The predicted octanol–water partition coefficient (Wildman–Crippen LogP) is 5.49. The Morgan fingerprint density at radius 3 is 1.17 bits per heavy atom. The molecule has 9 heteroatoms. The molecule has 4 rings (SSSR count). The normalized spacial score (nSPS) is 11.6. The summed E-state index contributed by atoms with van der Waals surface area (Å²) in [5.41, 5.74) is 3.37. The molecule has 0 amide bonds. The van der Waals surface area contributed by atoms with Crippen molar-refractivity contribution in [3.05, 3.63) is 97.1 Å². The van der Waals surface area contributed by atoms with E-state index in [1.54, 1.807) is 36.4 Å². The molecule has 0 aliphatic carbocycles. The third-order valence-electron chi connectivity index (χ3n) is 4.77. The molecular formula is C26H22O7S2. The van der Waals surface area contributed by atoms with E-state index in [-0.39, 0.29) is 11.5 Å². The van der Waals surface area contributed by atoms with Crippen molar-refractivity contribution >= 4 is 20.2 Å². The van der Waals surface area contributed by atoms with Gasteiger partial charge in [-0.1, -0.05) is 48.5 Å². The lowest BCUT2D eigenvalue weighted by Crippen LogP contribution is -2.05. The monoisotopic (exact) mass is 510 g/mol. The van der Waals surface area contributed by atoms with Crippen molar-refractivity contribution < 1.29 is 29.9 Å². The van der Waals surface area contributed by atoms with E-state index in [1.165, 1.54) is 0 Å². The van der Waals surface area contributed by atoms with Crippen LogP contribution in [0.5, 0.6) is 23.0 Å². The van der Waals surface area contributed by atoms with Gasteiger partial charge in [-0.15, -0.1) is 0 Å². The van der Waals surface area contributed by atoms with E-state index in [9.17, 15) is 16.8 Å². The first-order chi connectivity index (χ1) is 16.5. The van der Waals surface area contributed by atoms with Crippen molar-refractivity contribution in [2.75, 3.05) is 12.5 Å². The summed E-state index contributed by atoms with van der Waals surface area (Å²) in [5.74, 6) is 1.76. The quantitative estimate of drug-likeness (QED) is 0.289. The average Bonchev–Trinajstić information content (AvgIpc) is 2.78. The fraction of sp³-hybridized carbons (Fsp3) is 0.0769. The molecule has 0 N–H and O–H groups in total. The molecule has 35 heavy (non-hydrogen) atoms. The SMILES string of the molecule is CS(=O)(=O)Oc1cccc(-c2ccc(Oc3ccc(-c4cccc(OS(C)(=O)=O)c4)cc3)cc2)c1. The molecule has 0 aliphatic rings. The number of hydrogen-bond donors (Lipinski definition) is 0. The van der Waals surface area contributed by atoms with Gasteiger partial charge in [-0.2, -0.15) is 16.8 Å². The zero-order valence-electron chi connectivity index (χ0n) is 18.9. The lowest BCUT2D eigenvalue weighted by molar-refractivity contribution is 0.483. The Balaban J connectivity index is 1.46. The molecule has 0 aliphatic heterocycles. The molecule has 0 bridgehead atoms. The van der Waals surface area contributed by atoms with E-state index in [4.69, 9.17) is 13.1 Å². The summed E-state index contributed by atoms with van der Waals surface area (Å²) < 4.78 is 61.3. The third kappa shape index (κ3) is 7.08.